The number of phosphoric acid groups is 1. The Morgan fingerprint density at radius 2 is 1.96 bits per heavy atom. The van der Waals surface area contributed by atoms with Gasteiger partial charge >= 0.3 is 13.8 Å². The van der Waals surface area contributed by atoms with E-state index < -0.39 is 39.2 Å². The molecule has 0 fully saturated rings. The maximum absolute atomic E-state index is 11.7. The first-order valence-electron chi connectivity index (χ1n) is 6.81. The van der Waals surface area contributed by atoms with Crippen LogP contribution in [-0.2, 0) is 32.7 Å². The van der Waals surface area contributed by atoms with Crippen molar-refractivity contribution >= 4 is 20.1 Å². The fourth-order valence-electron chi connectivity index (χ4n) is 1.26. The molecule has 0 aliphatic rings. The Hall–Kier alpha value is -0.870. The number of ether oxygens (including phenoxy) is 2. The second kappa shape index (κ2) is 11.6. The summed E-state index contributed by atoms with van der Waals surface area (Å²) in [5.41, 5.74) is 0. The van der Waals surface area contributed by atoms with Crippen molar-refractivity contribution in [3.05, 3.63) is 0 Å². The number of aliphatic hydroxyl groups excluding tert-OH is 1. The summed E-state index contributed by atoms with van der Waals surface area (Å²) in [6, 6.07) is 0. The molecule has 3 unspecified atom stereocenters. The van der Waals surface area contributed by atoms with Crippen LogP contribution in [0.25, 0.3) is 0 Å². The third-order valence-corrected chi connectivity index (χ3v) is 3.37. The van der Waals surface area contributed by atoms with Gasteiger partial charge in [-0.05, 0) is 14.1 Å². The number of rotatable bonds is 13. The van der Waals surface area contributed by atoms with Crippen molar-refractivity contribution in [2.24, 2.45) is 0 Å². The van der Waals surface area contributed by atoms with Gasteiger partial charge in [-0.15, -0.1) is 0 Å². The van der Waals surface area contributed by atoms with Gasteiger partial charge in [0.25, 0.3) is 0 Å². The number of esters is 1. The average Bonchev–Trinajstić information content (AvgIpc) is 2.45. The molecule has 0 radical (unpaired) electrons. The summed E-state index contributed by atoms with van der Waals surface area (Å²) in [7, 11) is -0.773. The van der Waals surface area contributed by atoms with Crippen LogP contribution in [0.3, 0.4) is 0 Å². The van der Waals surface area contributed by atoms with Gasteiger partial charge in [-0.1, -0.05) is 0 Å². The molecular formula is C12H24NO9P. The molecule has 0 aromatic carbocycles. The number of carbonyl (C=O) groups is 2. The maximum Gasteiger partial charge on any atom is 0.472 e. The van der Waals surface area contributed by atoms with E-state index in [0.717, 1.165) is 0 Å². The van der Waals surface area contributed by atoms with E-state index in [1.807, 2.05) is 0 Å². The lowest BCUT2D eigenvalue weighted by atomic mass is 10.3. The van der Waals surface area contributed by atoms with Crippen molar-refractivity contribution in [3.8, 4) is 0 Å². The van der Waals surface area contributed by atoms with E-state index >= 15 is 0 Å². The summed E-state index contributed by atoms with van der Waals surface area (Å²) in [5.74, 6) is -0.598. The molecular weight excluding hydrogens is 333 g/mol. The number of hydrogen-bond donors (Lipinski definition) is 2. The maximum atomic E-state index is 11.7. The quantitative estimate of drug-likeness (QED) is 0.245. The van der Waals surface area contributed by atoms with E-state index in [1.54, 1.807) is 19.0 Å². The summed E-state index contributed by atoms with van der Waals surface area (Å²) in [5, 5.41) is 8.91. The van der Waals surface area contributed by atoms with Gasteiger partial charge < -0.3 is 29.2 Å². The van der Waals surface area contributed by atoms with E-state index in [0.29, 0.717) is 12.8 Å². The van der Waals surface area contributed by atoms with E-state index in [2.05, 4.69) is 0 Å². The Morgan fingerprint density at radius 1 is 1.30 bits per heavy atom. The van der Waals surface area contributed by atoms with Crippen LogP contribution in [0.15, 0.2) is 0 Å². The van der Waals surface area contributed by atoms with E-state index in [4.69, 9.17) is 23.6 Å². The van der Waals surface area contributed by atoms with Crippen molar-refractivity contribution in [1.29, 1.82) is 0 Å². The molecule has 0 amide bonds. The van der Waals surface area contributed by atoms with Gasteiger partial charge in [0.15, 0.2) is 6.29 Å². The van der Waals surface area contributed by atoms with Crippen molar-refractivity contribution in [2.45, 2.75) is 19.1 Å². The molecule has 3 atom stereocenters. The predicted octanol–water partition coefficient (Wildman–Crippen LogP) is -0.810. The first kappa shape index (κ1) is 22.1. The predicted molar refractivity (Wildman–Crippen MR) is 78.7 cm³/mol. The lowest BCUT2D eigenvalue weighted by Gasteiger charge is -2.21. The molecule has 0 heterocycles. The van der Waals surface area contributed by atoms with Crippen molar-refractivity contribution < 1.29 is 42.7 Å². The molecule has 0 aliphatic heterocycles. The number of aliphatic hydroxyl groups is 1. The van der Waals surface area contributed by atoms with Crippen molar-refractivity contribution in [3.63, 3.8) is 0 Å². The standard InChI is InChI=1S/C12H24NO9P/c1-10(16)19-8-12(22-11(6-14)7-15)9-21-23(17,18)20-5-4-13(2)3/h6,11-12,15H,4-5,7-9H2,1-3H3,(H,17,18). The minimum Gasteiger partial charge on any atom is -0.463 e. The zero-order valence-electron chi connectivity index (χ0n) is 13.4. The molecule has 11 heteroatoms. The van der Waals surface area contributed by atoms with E-state index in [-0.39, 0.29) is 13.2 Å². The topological polar surface area (TPSA) is 132 Å². The van der Waals surface area contributed by atoms with Crippen molar-refractivity contribution in [2.75, 3.05) is 47.1 Å². The number of carbonyl (C=O) groups excluding carboxylic acids is 2. The molecule has 0 aliphatic carbocycles. The number of phosphoric ester groups is 1. The highest BCUT2D eigenvalue weighted by molar-refractivity contribution is 7.47. The van der Waals surface area contributed by atoms with Crippen molar-refractivity contribution in [1.82, 2.24) is 4.90 Å². The van der Waals surface area contributed by atoms with Gasteiger partial charge in [-0.2, -0.15) is 0 Å². The third-order valence-electron chi connectivity index (χ3n) is 2.39. The Kier molecular flexibility index (Phi) is 11.2. The van der Waals surface area contributed by atoms with Gasteiger partial charge in [0.05, 0.1) is 19.8 Å². The fourth-order valence-corrected chi connectivity index (χ4v) is 2.00. The monoisotopic (exact) mass is 357 g/mol. The summed E-state index contributed by atoms with van der Waals surface area (Å²) in [4.78, 5) is 32.7. The lowest BCUT2D eigenvalue weighted by molar-refractivity contribution is -0.150. The zero-order valence-corrected chi connectivity index (χ0v) is 14.3. The first-order valence-corrected chi connectivity index (χ1v) is 8.31. The highest BCUT2D eigenvalue weighted by Gasteiger charge is 2.25. The highest BCUT2D eigenvalue weighted by Crippen LogP contribution is 2.43. The third kappa shape index (κ3) is 12.2. The lowest BCUT2D eigenvalue weighted by Crippen LogP contribution is -2.33. The molecule has 136 valence electrons. The number of nitrogens with zero attached hydrogens (tertiary/aromatic N) is 1. The number of aldehydes is 1. The fraction of sp³-hybridized carbons (Fsp3) is 0.833. The average molecular weight is 357 g/mol. The Morgan fingerprint density at radius 3 is 2.43 bits per heavy atom. The molecule has 23 heavy (non-hydrogen) atoms. The van der Waals surface area contributed by atoms with Crippen LogP contribution in [0.1, 0.15) is 6.92 Å². The Balaban J connectivity index is 4.46. The summed E-state index contributed by atoms with van der Waals surface area (Å²) in [6.45, 7) is 0.201. The van der Waals surface area contributed by atoms with Crippen LogP contribution in [0, 0.1) is 0 Å². The van der Waals surface area contributed by atoms with Gasteiger partial charge in [-0.25, -0.2) is 4.57 Å². The van der Waals surface area contributed by atoms with Crippen LogP contribution >= 0.6 is 7.82 Å². The molecule has 2 N–H and O–H groups in total. The van der Waals surface area contributed by atoms with Crippen LogP contribution in [0.2, 0.25) is 0 Å². The van der Waals surface area contributed by atoms with Gasteiger partial charge in [-0.3, -0.25) is 13.8 Å². The number of likely N-dealkylation sites (N-methyl/N-ethyl adjacent to an activating group) is 1. The van der Waals surface area contributed by atoms with Gasteiger partial charge in [0.1, 0.15) is 18.8 Å². The summed E-state index contributed by atoms with van der Waals surface area (Å²) >= 11 is 0. The van der Waals surface area contributed by atoms with E-state index in [9.17, 15) is 19.0 Å². The molecule has 0 bridgehead atoms. The minimum atomic E-state index is -4.31. The summed E-state index contributed by atoms with van der Waals surface area (Å²) in [6.07, 6.45) is -1.82. The SMILES string of the molecule is CC(=O)OCC(COP(=O)(O)OCCN(C)C)OC(C=O)CO. The first-order chi connectivity index (χ1) is 10.7. The molecule has 0 aromatic rings. The summed E-state index contributed by atoms with van der Waals surface area (Å²) < 4.78 is 31.0. The van der Waals surface area contributed by atoms with Crippen LogP contribution in [0.5, 0.6) is 0 Å². The Labute approximate surface area is 134 Å². The van der Waals surface area contributed by atoms with Crippen LogP contribution in [0.4, 0.5) is 0 Å². The number of hydrogen-bond acceptors (Lipinski definition) is 9. The molecule has 0 spiro atoms. The van der Waals surface area contributed by atoms with Gasteiger partial charge in [0.2, 0.25) is 0 Å². The van der Waals surface area contributed by atoms with Crippen LogP contribution < -0.4 is 0 Å². The second-order valence-electron chi connectivity index (χ2n) is 4.82. The molecule has 0 aromatic heterocycles. The molecule has 0 saturated carbocycles. The molecule has 0 rings (SSSR count). The van der Waals surface area contributed by atoms with Crippen LogP contribution in [-0.4, -0.2) is 86.4 Å². The largest absolute Gasteiger partial charge is 0.472 e. The van der Waals surface area contributed by atoms with E-state index in [1.165, 1.54) is 6.92 Å². The minimum absolute atomic E-state index is 0.0240. The second-order valence-corrected chi connectivity index (χ2v) is 6.27. The highest BCUT2D eigenvalue weighted by atomic mass is 31.2. The zero-order chi connectivity index (χ0) is 17.9. The molecule has 10 nitrogen and oxygen atoms in total. The van der Waals surface area contributed by atoms with Gasteiger partial charge in [0, 0.05) is 13.5 Å². The smallest absolute Gasteiger partial charge is 0.463 e. The Bertz CT molecular complexity index is 404. The molecule has 0 saturated heterocycles. The normalized spacial score (nSPS) is 16.6.